The van der Waals surface area contributed by atoms with Crippen LogP contribution in [0.25, 0.3) is 0 Å². The van der Waals surface area contributed by atoms with Crippen LogP contribution in [-0.2, 0) is 16.1 Å². The van der Waals surface area contributed by atoms with E-state index < -0.39 is 11.8 Å². The maximum Gasteiger partial charge on any atom is 0.283 e. The monoisotopic (exact) mass is 495 g/mol. The third-order valence-electron chi connectivity index (χ3n) is 5.12. The van der Waals surface area contributed by atoms with Gasteiger partial charge in [-0.2, -0.15) is 0 Å². The highest BCUT2D eigenvalue weighted by molar-refractivity contribution is 6.53. The molecule has 0 saturated carbocycles. The number of carbonyl (C=O) groups excluding carboxylic acids is 3. The molecule has 1 heterocycles. The number of amides is 3. The van der Waals surface area contributed by atoms with Gasteiger partial charge in [0.25, 0.3) is 17.7 Å². The van der Waals surface area contributed by atoms with E-state index in [9.17, 15) is 14.4 Å². The smallest absolute Gasteiger partial charge is 0.283 e. The fourth-order valence-corrected chi connectivity index (χ4v) is 3.78. The number of halogens is 2. The van der Waals surface area contributed by atoms with Gasteiger partial charge in [-0.05, 0) is 48.0 Å². The van der Waals surface area contributed by atoms with Crippen molar-refractivity contribution in [1.82, 2.24) is 5.32 Å². The average molecular weight is 496 g/mol. The van der Waals surface area contributed by atoms with E-state index >= 15 is 0 Å². The molecule has 3 aromatic rings. The molecule has 0 unspecified atom stereocenters. The van der Waals surface area contributed by atoms with Gasteiger partial charge in [-0.1, -0.05) is 53.5 Å². The highest BCUT2D eigenvalue weighted by Gasteiger charge is 2.40. The molecule has 2 N–H and O–H groups in total. The van der Waals surface area contributed by atoms with Gasteiger partial charge in [0.05, 0.1) is 12.8 Å². The van der Waals surface area contributed by atoms with Crippen LogP contribution in [0.1, 0.15) is 15.9 Å². The molecule has 9 heteroatoms. The molecule has 34 heavy (non-hydrogen) atoms. The molecular formula is C25H19Cl2N3O4. The van der Waals surface area contributed by atoms with Crippen LogP contribution < -0.4 is 20.3 Å². The summed E-state index contributed by atoms with van der Waals surface area (Å²) in [6.45, 7) is 0.404. The maximum absolute atomic E-state index is 13.0. The fraction of sp³-hybridized carbons (Fsp3) is 0.0800. The quantitative estimate of drug-likeness (QED) is 0.463. The van der Waals surface area contributed by atoms with E-state index in [2.05, 4.69) is 10.6 Å². The molecule has 0 bridgehead atoms. The molecule has 0 fully saturated rings. The van der Waals surface area contributed by atoms with Crippen molar-refractivity contribution >= 4 is 52.3 Å². The van der Waals surface area contributed by atoms with Crippen LogP contribution in [0.15, 0.2) is 83.5 Å². The van der Waals surface area contributed by atoms with Crippen molar-refractivity contribution in [3.63, 3.8) is 0 Å². The Hall–Kier alpha value is -3.81. The average Bonchev–Trinajstić information content (AvgIpc) is 3.06. The zero-order chi connectivity index (χ0) is 24.2. The van der Waals surface area contributed by atoms with Crippen LogP contribution in [0.5, 0.6) is 5.75 Å². The highest BCUT2D eigenvalue weighted by Crippen LogP contribution is 2.37. The molecule has 172 valence electrons. The predicted molar refractivity (Wildman–Crippen MR) is 131 cm³/mol. The second-order valence-corrected chi connectivity index (χ2v) is 8.14. The number of imide groups is 1. The van der Waals surface area contributed by atoms with E-state index in [4.69, 9.17) is 27.9 Å². The lowest BCUT2D eigenvalue weighted by Crippen LogP contribution is -2.32. The molecule has 0 spiro atoms. The van der Waals surface area contributed by atoms with Gasteiger partial charge in [-0.15, -0.1) is 0 Å². The Bertz CT molecular complexity index is 1290. The summed E-state index contributed by atoms with van der Waals surface area (Å²) in [6.07, 6.45) is 0. The van der Waals surface area contributed by atoms with E-state index in [1.165, 1.54) is 13.2 Å². The zero-order valence-corrected chi connectivity index (χ0v) is 19.5. The van der Waals surface area contributed by atoms with Gasteiger partial charge in [-0.3, -0.25) is 14.4 Å². The van der Waals surface area contributed by atoms with Gasteiger partial charge in [0.2, 0.25) is 0 Å². The van der Waals surface area contributed by atoms with Crippen molar-refractivity contribution in [1.29, 1.82) is 0 Å². The van der Waals surface area contributed by atoms with E-state index in [0.29, 0.717) is 28.6 Å². The number of carbonyl (C=O) groups is 3. The number of methoxy groups -OCH3 is 1. The Morgan fingerprint density at radius 2 is 1.65 bits per heavy atom. The Balaban J connectivity index is 1.47. The Morgan fingerprint density at radius 1 is 0.941 bits per heavy atom. The normalized spacial score (nSPS) is 13.3. The SMILES string of the molecule is COc1ccc(Cl)cc1N1C(=O)C(Cl)=C(Nc2ccc(C(=O)NCc3ccccc3)cc2)C1=O. The first-order valence-electron chi connectivity index (χ1n) is 10.2. The number of rotatable bonds is 7. The molecule has 0 atom stereocenters. The second-order valence-electron chi connectivity index (χ2n) is 7.32. The van der Waals surface area contributed by atoms with Gasteiger partial charge >= 0.3 is 0 Å². The minimum atomic E-state index is -0.702. The molecule has 7 nitrogen and oxygen atoms in total. The van der Waals surface area contributed by atoms with Crippen molar-refractivity contribution in [2.45, 2.75) is 6.54 Å². The van der Waals surface area contributed by atoms with Gasteiger partial charge in [0.15, 0.2) is 0 Å². The minimum Gasteiger partial charge on any atom is -0.495 e. The molecule has 0 radical (unpaired) electrons. The lowest BCUT2D eigenvalue weighted by atomic mass is 10.1. The van der Waals surface area contributed by atoms with Gasteiger partial charge in [0.1, 0.15) is 16.5 Å². The van der Waals surface area contributed by atoms with Crippen molar-refractivity contribution in [2.75, 3.05) is 17.3 Å². The van der Waals surface area contributed by atoms with Crippen LogP contribution in [0, 0.1) is 0 Å². The number of anilines is 2. The van der Waals surface area contributed by atoms with Gasteiger partial charge in [-0.25, -0.2) is 4.90 Å². The summed E-state index contributed by atoms with van der Waals surface area (Å²) in [7, 11) is 1.42. The summed E-state index contributed by atoms with van der Waals surface area (Å²) in [5, 5.41) is 5.79. The Morgan fingerprint density at radius 3 is 2.32 bits per heavy atom. The summed E-state index contributed by atoms with van der Waals surface area (Å²) < 4.78 is 5.26. The van der Waals surface area contributed by atoms with Gasteiger partial charge in [0, 0.05) is 22.8 Å². The summed E-state index contributed by atoms with van der Waals surface area (Å²) in [5.74, 6) is -1.30. The first kappa shape index (κ1) is 23.4. The third-order valence-corrected chi connectivity index (χ3v) is 5.71. The molecular weight excluding hydrogens is 477 g/mol. The third kappa shape index (κ3) is 4.76. The largest absolute Gasteiger partial charge is 0.495 e. The van der Waals surface area contributed by atoms with Crippen LogP contribution in [0.3, 0.4) is 0 Å². The zero-order valence-electron chi connectivity index (χ0n) is 18.0. The fourth-order valence-electron chi connectivity index (χ4n) is 3.40. The minimum absolute atomic E-state index is 0.0880. The first-order chi connectivity index (χ1) is 16.4. The number of benzene rings is 3. The Kier molecular flexibility index (Phi) is 6.86. The Labute approximate surface area is 205 Å². The summed E-state index contributed by atoms with van der Waals surface area (Å²) in [4.78, 5) is 39.1. The van der Waals surface area contributed by atoms with Gasteiger partial charge < -0.3 is 15.4 Å². The summed E-state index contributed by atoms with van der Waals surface area (Å²) >= 11 is 12.2. The predicted octanol–water partition coefficient (Wildman–Crippen LogP) is 4.71. The molecule has 3 aromatic carbocycles. The van der Waals surface area contributed by atoms with Crippen LogP contribution in [-0.4, -0.2) is 24.8 Å². The topological polar surface area (TPSA) is 87.7 Å². The maximum atomic E-state index is 13.0. The number of ether oxygens (including phenoxy) is 1. The number of nitrogens with zero attached hydrogens (tertiary/aromatic N) is 1. The van der Waals surface area contributed by atoms with Crippen LogP contribution in [0.2, 0.25) is 5.02 Å². The van der Waals surface area contributed by atoms with E-state index in [0.717, 1.165) is 10.5 Å². The molecule has 3 amide bonds. The first-order valence-corrected chi connectivity index (χ1v) is 11.0. The van der Waals surface area contributed by atoms with Crippen molar-refractivity contribution in [2.24, 2.45) is 0 Å². The van der Waals surface area contributed by atoms with E-state index in [1.54, 1.807) is 36.4 Å². The van der Waals surface area contributed by atoms with E-state index in [-0.39, 0.29) is 22.3 Å². The molecule has 1 aliphatic heterocycles. The van der Waals surface area contributed by atoms with Crippen LogP contribution in [0.4, 0.5) is 11.4 Å². The molecule has 0 aromatic heterocycles. The lowest BCUT2D eigenvalue weighted by molar-refractivity contribution is -0.120. The summed E-state index contributed by atoms with van der Waals surface area (Å²) in [5.41, 5.74) is 2.01. The van der Waals surface area contributed by atoms with Crippen molar-refractivity contribution in [3.05, 3.63) is 99.7 Å². The molecule has 4 rings (SSSR count). The van der Waals surface area contributed by atoms with Crippen molar-refractivity contribution in [3.8, 4) is 5.75 Å². The van der Waals surface area contributed by atoms with Crippen molar-refractivity contribution < 1.29 is 19.1 Å². The molecule has 0 aliphatic carbocycles. The second kappa shape index (κ2) is 9.99. The lowest BCUT2D eigenvalue weighted by Gasteiger charge is -2.18. The van der Waals surface area contributed by atoms with Crippen LogP contribution >= 0.6 is 23.2 Å². The summed E-state index contributed by atoms with van der Waals surface area (Å²) in [6, 6.07) is 20.6. The molecule has 1 aliphatic rings. The number of nitrogens with one attached hydrogen (secondary N) is 2. The number of hydrogen-bond donors (Lipinski definition) is 2. The number of hydrogen-bond acceptors (Lipinski definition) is 5. The molecule has 0 saturated heterocycles. The highest BCUT2D eigenvalue weighted by atomic mass is 35.5. The standard InChI is InChI=1S/C25H19Cl2N3O4/c1-34-20-12-9-17(26)13-19(20)30-24(32)21(27)22(25(30)33)29-18-10-7-16(8-11-18)23(31)28-14-15-5-3-2-4-6-15/h2-13,29H,14H2,1H3,(H,28,31). The van der Waals surface area contributed by atoms with E-state index in [1.807, 2.05) is 30.3 Å².